The third kappa shape index (κ3) is 5.12. The first-order chi connectivity index (χ1) is 10.9. The molecule has 10 nitrogen and oxygen atoms in total. The predicted molar refractivity (Wildman–Crippen MR) is 78.5 cm³/mol. The van der Waals surface area contributed by atoms with Gasteiger partial charge in [-0.2, -0.15) is 0 Å². The van der Waals surface area contributed by atoms with Gasteiger partial charge in [0.2, 0.25) is 0 Å². The van der Waals surface area contributed by atoms with Gasteiger partial charge < -0.3 is 10.4 Å². The summed E-state index contributed by atoms with van der Waals surface area (Å²) in [6.45, 7) is 3.39. The van der Waals surface area contributed by atoms with E-state index in [9.17, 15) is 24.5 Å². The van der Waals surface area contributed by atoms with Crippen molar-refractivity contribution in [3.63, 3.8) is 0 Å². The van der Waals surface area contributed by atoms with Crippen molar-refractivity contribution in [3.05, 3.63) is 52.6 Å². The molecule has 0 fully saturated rings. The Morgan fingerprint density at radius 1 is 1.30 bits per heavy atom. The van der Waals surface area contributed by atoms with Crippen LogP contribution in [0.4, 0.5) is 10.5 Å². The lowest BCUT2D eigenvalue weighted by atomic mass is 10.1. The summed E-state index contributed by atoms with van der Waals surface area (Å²) in [5.74, 6) is -1.74. The maximum atomic E-state index is 11.9. The summed E-state index contributed by atoms with van der Waals surface area (Å²) >= 11 is 0. The number of hydrazine groups is 1. The minimum atomic E-state index is -1.42. The number of carboxylic acid groups (broad SMARTS) is 1. The van der Waals surface area contributed by atoms with Gasteiger partial charge in [0.05, 0.1) is 4.92 Å². The molecule has 4 N–H and O–H groups in total. The molecule has 0 radical (unpaired) electrons. The number of nitro groups is 1. The number of nitrogens with one attached hydrogen (secondary N) is 3. The molecule has 0 aliphatic carbocycles. The fourth-order valence-electron chi connectivity index (χ4n) is 1.64. The number of carbonyl (C=O) groups excluding carboxylic acids is 2. The normalized spacial score (nSPS) is 11.0. The summed E-state index contributed by atoms with van der Waals surface area (Å²) < 4.78 is 0. The van der Waals surface area contributed by atoms with Crippen LogP contribution >= 0.6 is 0 Å². The first kappa shape index (κ1) is 17.6. The van der Waals surface area contributed by atoms with E-state index in [0.717, 1.165) is 6.07 Å². The van der Waals surface area contributed by atoms with Crippen LogP contribution in [0.15, 0.2) is 36.9 Å². The maximum absolute atomic E-state index is 11.9. The lowest BCUT2D eigenvalue weighted by Gasteiger charge is -2.15. The van der Waals surface area contributed by atoms with E-state index in [4.69, 9.17) is 5.11 Å². The van der Waals surface area contributed by atoms with E-state index in [2.05, 4.69) is 6.58 Å². The second kappa shape index (κ2) is 8.12. The van der Waals surface area contributed by atoms with Crippen LogP contribution in [-0.2, 0) is 4.79 Å². The van der Waals surface area contributed by atoms with Crippen LogP contribution in [0.2, 0.25) is 0 Å². The van der Waals surface area contributed by atoms with Crippen molar-refractivity contribution in [3.8, 4) is 0 Å². The Kier molecular flexibility index (Phi) is 6.22. The molecule has 0 unspecified atom stereocenters. The minimum absolute atomic E-state index is 0.000507. The van der Waals surface area contributed by atoms with Crippen LogP contribution in [-0.4, -0.2) is 34.0 Å². The van der Waals surface area contributed by atoms with E-state index in [1.165, 1.54) is 24.3 Å². The SMILES string of the molecule is C=CC[C@H](NC(=O)O)C(=O)NNC(=O)c1ccccc1[N+](=O)[O-]. The summed E-state index contributed by atoms with van der Waals surface area (Å²) in [5.41, 5.74) is 3.33. The van der Waals surface area contributed by atoms with E-state index in [1.807, 2.05) is 16.2 Å². The number of nitro benzene ring substituents is 1. The molecule has 0 aromatic heterocycles. The van der Waals surface area contributed by atoms with Crippen molar-refractivity contribution in [2.24, 2.45) is 0 Å². The summed E-state index contributed by atoms with van der Waals surface area (Å²) in [7, 11) is 0. The molecule has 1 aromatic rings. The average molecular weight is 322 g/mol. The molecule has 0 bridgehead atoms. The van der Waals surface area contributed by atoms with Gasteiger partial charge >= 0.3 is 6.09 Å². The zero-order valence-corrected chi connectivity index (χ0v) is 11.8. The zero-order valence-electron chi connectivity index (χ0n) is 11.8. The van der Waals surface area contributed by atoms with E-state index >= 15 is 0 Å². The quantitative estimate of drug-likeness (QED) is 0.341. The maximum Gasteiger partial charge on any atom is 0.405 e. The zero-order chi connectivity index (χ0) is 17.4. The fourth-order valence-corrected chi connectivity index (χ4v) is 1.64. The highest BCUT2D eigenvalue weighted by Crippen LogP contribution is 2.16. The average Bonchev–Trinajstić information content (AvgIpc) is 2.51. The Hall–Kier alpha value is -3.43. The van der Waals surface area contributed by atoms with Gasteiger partial charge in [0.1, 0.15) is 11.6 Å². The molecule has 0 spiro atoms. The molecule has 23 heavy (non-hydrogen) atoms. The number of carbonyl (C=O) groups is 3. The highest BCUT2D eigenvalue weighted by atomic mass is 16.6. The number of nitrogens with zero attached hydrogens (tertiary/aromatic N) is 1. The van der Waals surface area contributed by atoms with Crippen LogP contribution in [0.25, 0.3) is 0 Å². The van der Waals surface area contributed by atoms with Crippen LogP contribution in [0, 0.1) is 10.1 Å². The Morgan fingerprint density at radius 3 is 2.52 bits per heavy atom. The molecule has 0 saturated carbocycles. The van der Waals surface area contributed by atoms with E-state index in [0.29, 0.717) is 0 Å². The van der Waals surface area contributed by atoms with Crippen molar-refractivity contribution in [2.45, 2.75) is 12.5 Å². The van der Waals surface area contributed by atoms with E-state index in [1.54, 1.807) is 0 Å². The second-order valence-electron chi connectivity index (χ2n) is 4.24. The van der Waals surface area contributed by atoms with Crippen molar-refractivity contribution in [1.82, 2.24) is 16.2 Å². The van der Waals surface area contributed by atoms with Crippen LogP contribution in [0.3, 0.4) is 0 Å². The fraction of sp³-hybridized carbons (Fsp3) is 0.154. The Bertz CT molecular complexity index is 645. The van der Waals surface area contributed by atoms with Gasteiger partial charge in [-0.05, 0) is 12.5 Å². The molecule has 0 aliphatic heterocycles. The molecule has 1 aromatic carbocycles. The number of benzene rings is 1. The molecule has 122 valence electrons. The summed E-state index contributed by atoms with van der Waals surface area (Å²) in [4.78, 5) is 44.4. The van der Waals surface area contributed by atoms with Crippen LogP contribution in [0.1, 0.15) is 16.8 Å². The first-order valence-corrected chi connectivity index (χ1v) is 6.30. The topological polar surface area (TPSA) is 151 Å². The molecule has 0 heterocycles. The number of para-hydroxylation sites is 1. The lowest BCUT2D eigenvalue weighted by Crippen LogP contribution is -2.52. The van der Waals surface area contributed by atoms with Gasteiger partial charge in [0.15, 0.2) is 0 Å². The van der Waals surface area contributed by atoms with Gasteiger partial charge in [0.25, 0.3) is 17.5 Å². The number of hydrogen-bond acceptors (Lipinski definition) is 5. The Labute approximate surface area is 130 Å². The van der Waals surface area contributed by atoms with Crippen LogP contribution < -0.4 is 16.2 Å². The molecule has 0 aliphatic rings. The van der Waals surface area contributed by atoms with Crippen molar-refractivity contribution < 1.29 is 24.4 Å². The molecular weight excluding hydrogens is 308 g/mol. The molecule has 1 rings (SSSR count). The van der Waals surface area contributed by atoms with Crippen molar-refractivity contribution in [1.29, 1.82) is 0 Å². The highest BCUT2D eigenvalue weighted by Gasteiger charge is 2.22. The number of rotatable bonds is 6. The highest BCUT2D eigenvalue weighted by molar-refractivity contribution is 5.99. The monoisotopic (exact) mass is 322 g/mol. The summed E-state index contributed by atoms with van der Waals surface area (Å²) in [6, 6.07) is 4.02. The number of hydrogen-bond donors (Lipinski definition) is 4. The standard InChI is InChI=1S/C13H14N4O6/c1-2-5-9(14-13(20)21)12(19)16-15-11(18)8-6-3-4-7-10(8)17(22)23/h2-4,6-7,9,14H,1,5H2,(H,15,18)(H,16,19)(H,20,21)/t9-/m0/s1. The third-order valence-electron chi connectivity index (χ3n) is 2.66. The molecule has 0 saturated heterocycles. The van der Waals surface area contributed by atoms with Crippen molar-refractivity contribution in [2.75, 3.05) is 0 Å². The van der Waals surface area contributed by atoms with Gasteiger partial charge in [-0.15, -0.1) is 6.58 Å². The summed E-state index contributed by atoms with van der Waals surface area (Å²) in [5, 5.41) is 21.4. The first-order valence-electron chi connectivity index (χ1n) is 6.30. The smallest absolute Gasteiger partial charge is 0.405 e. The second-order valence-corrected chi connectivity index (χ2v) is 4.24. The lowest BCUT2D eigenvalue weighted by molar-refractivity contribution is -0.385. The van der Waals surface area contributed by atoms with E-state index < -0.39 is 34.6 Å². The molecule has 3 amide bonds. The van der Waals surface area contributed by atoms with E-state index in [-0.39, 0.29) is 12.0 Å². The summed E-state index contributed by atoms with van der Waals surface area (Å²) in [6.07, 6.45) is -0.0965. The molecular formula is C13H14N4O6. The Morgan fingerprint density at radius 2 is 1.96 bits per heavy atom. The van der Waals surface area contributed by atoms with Crippen molar-refractivity contribution >= 4 is 23.6 Å². The predicted octanol–water partition coefficient (Wildman–Crippen LogP) is 0.568. The number of amides is 3. The molecule has 10 heteroatoms. The van der Waals surface area contributed by atoms with Gasteiger partial charge in [-0.25, -0.2) is 4.79 Å². The largest absolute Gasteiger partial charge is 0.465 e. The third-order valence-corrected chi connectivity index (χ3v) is 2.66. The van der Waals surface area contributed by atoms with Gasteiger partial charge in [-0.1, -0.05) is 18.2 Å². The van der Waals surface area contributed by atoms with Gasteiger partial charge in [-0.3, -0.25) is 30.6 Å². The Balaban J connectivity index is 2.75. The van der Waals surface area contributed by atoms with Gasteiger partial charge in [0, 0.05) is 6.07 Å². The van der Waals surface area contributed by atoms with Crippen LogP contribution in [0.5, 0.6) is 0 Å². The minimum Gasteiger partial charge on any atom is -0.465 e. The molecule has 1 atom stereocenters.